The Hall–Kier alpha value is -0.580. The molecule has 1 aromatic rings. The van der Waals surface area contributed by atoms with Gasteiger partial charge in [-0.2, -0.15) is 0 Å². The summed E-state index contributed by atoms with van der Waals surface area (Å²) in [7, 11) is 0. The molecule has 1 aliphatic heterocycles. The number of amides is 1. The van der Waals surface area contributed by atoms with E-state index in [9.17, 15) is 4.79 Å². The fourth-order valence-electron chi connectivity index (χ4n) is 2.86. The molecule has 0 bridgehead atoms. The van der Waals surface area contributed by atoms with Gasteiger partial charge in [0.25, 0.3) is 0 Å². The Kier molecular flexibility index (Phi) is 9.06. The minimum Gasteiger partial charge on any atom is -0.356 e. The molecule has 2 atom stereocenters. The van der Waals surface area contributed by atoms with Crippen LogP contribution in [-0.4, -0.2) is 25.5 Å². The second-order valence-corrected chi connectivity index (χ2v) is 6.69. The number of hydrogen-bond acceptors (Lipinski definition) is 2. The Labute approximate surface area is 148 Å². The van der Waals surface area contributed by atoms with Gasteiger partial charge in [0.1, 0.15) is 0 Å². The van der Waals surface area contributed by atoms with E-state index in [1.807, 2.05) is 18.2 Å². The van der Waals surface area contributed by atoms with Crippen LogP contribution in [0.15, 0.2) is 28.7 Å². The van der Waals surface area contributed by atoms with Crippen molar-refractivity contribution in [2.75, 3.05) is 19.6 Å². The van der Waals surface area contributed by atoms with Crippen molar-refractivity contribution in [2.24, 2.45) is 11.8 Å². The lowest BCUT2D eigenvalue weighted by Gasteiger charge is -2.17. The van der Waals surface area contributed by atoms with Gasteiger partial charge in [-0.3, -0.25) is 4.79 Å². The normalized spacial score (nSPS) is 18.5. The van der Waals surface area contributed by atoms with Crippen molar-refractivity contribution in [3.63, 3.8) is 0 Å². The van der Waals surface area contributed by atoms with E-state index in [2.05, 4.69) is 39.6 Å². The van der Waals surface area contributed by atoms with Gasteiger partial charge in [0.15, 0.2) is 0 Å². The van der Waals surface area contributed by atoms with Gasteiger partial charge < -0.3 is 10.6 Å². The van der Waals surface area contributed by atoms with Crippen LogP contribution in [0.5, 0.6) is 0 Å². The highest BCUT2D eigenvalue weighted by molar-refractivity contribution is 9.10. The molecular weight excluding hydrogens is 364 g/mol. The second-order valence-electron chi connectivity index (χ2n) is 5.84. The molecule has 1 aromatic carbocycles. The van der Waals surface area contributed by atoms with Crippen LogP contribution in [0.1, 0.15) is 31.7 Å². The monoisotopic (exact) mass is 388 g/mol. The lowest BCUT2D eigenvalue weighted by Crippen LogP contribution is -2.33. The van der Waals surface area contributed by atoms with Gasteiger partial charge in [-0.15, -0.1) is 12.4 Å². The maximum atomic E-state index is 12.3. The highest BCUT2D eigenvalue weighted by Gasteiger charge is 2.19. The summed E-state index contributed by atoms with van der Waals surface area (Å²) in [5, 5.41) is 6.48. The predicted molar refractivity (Wildman–Crippen MR) is 97.5 cm³/mol. The van der Waals surface area contributed by atoms with Gasteiger partial charge in [0.2, 0.25) is 5.91 Å². The van der Waals surface area contributed by atoms with Crippen LogP contribution in [0.2, 0.25) is 0 Å². The quantitative estimate of drug-likeness (QED) is 0.748. The third-order valence-corrected chi connectivity index (χ3v) is 5.08. The van der Waals surface area contributed by atoms with Crippen LogP contribution in [0, 0.1) is 11.8 Å². The van der Waals surface area contributed by atoms with E-state index < -0.39 is 0 Å². The van der Waals surface area contributed by atoms with Crippen molar-refractivity contribution in [2.45, 2.75) is 32.6 Å². The molecule has 124 valence electrons. The highest BCUT2D eigenvalue weighted by Crippen LogP contribution is 2.21. The molecule has 0 radical (unpaired) electrons. The van der Waals surface area contributed by atoms with E-state index in [1.165, 1.54) is 12.0 Å². The highest BCUT2D eigenvalue weighted by atomic mass is 79.9. The fraction of sp³-hybridized carbons (Fsp3) is 0.588. The van der Waals surface area contributed by atoms with E-state index in [0.29, 0.717) is 0 Å². The molecule has 5 heteroatoms. The summed E-state index contributed by atoms with van der Waals surface area (Å²) in [6.45, 7) is 5.11. The van der Waals surface area contributed by atoms with Crippen molar-refractivity contribution in [3.8, 4) is 0 Å². The molecule has 1 heterocycles. The molecule has 2 unspecified atom stereocenters. The molecule has 0 aromatic heterocycles. The van der Waals surface area contributed by atoms with E-state index in [1.54, 1.807) is 0 Å². The molecule has 1 amide bonds. The maximum Gasteiger partial charge on any atom is 0.223 e. The Balaban J connectivity index is 0.00000242. The smallest absolute Gasteiger partial charge is 0.223 e. The summed E-state index contributed by atoms with van der Waals surface area (Å²) >= 11 is 3.56. The average Bonchev–Trinajstić information content (AvgIpc) is 2.99. The SMILES string of the molecule is CCC(Cc1ccccc1Br)C(=O)NCCC1CCNC1.Cl. The van der Waals surface area contributed by atoms with Crippen LogP contribution in [0.25, 0.3) is 0 Å². The van der Waals surface area contributed by atoms with E-state index in [0.717, 1.165) is 49.3 Å². The summed E-state index contributed by atoms with van der Waals surface area (Å²) in [5.41, 5.74) is 1.21. The molecule has 2 N–H and O–H groups in total. The Bertz CT molecular complexity index is 464. The van der Waals surface area contributed by atoms with Crippen molar-refractivity contribution in [3.05, 3.63) is 34.3 Å². The molecular formula is C17H26BrClN2O. The van der Waals surface area contributed by atoms with E-state index in [4.69, 9.17) is 0 Å². The standard InChI is InChI=1S/C17H25BrN2O.ClH/c1-2-14(11-15-5-3-4-6-16(15)18)17(21)20-10-8-13-7-9-19-12-13;/h3-6,13-14,19H,2,7-12H2,1H3,(H,20,21);1H. The van der Waals surface area contributed by atoms with Crippen molar-refractivity contribution in [1.82, 2.24) is 10.6 Å². The largest absolute Gasteiger partial charge is 0.356 e. The van der Waals surface area contributed by atoms with Gasteiger partial charge >= 0.3 is 0 Å². The first-order valence-electron chi connectivity index (χ1n) is 7.92. The molecule has 1 aliphatic rings. The molecule has 0 saturated carbocycles. The van der Waals surface area contributed by atoms with Crippen LogP contribution in [-0.2, 0) is 11.2 Å². The van der Waals surface area contributed by atoms with Crippen molar-refractivity contribution < 1.29 is 4.79 Å². The first kappa shape index (κ1) is 19.5. The number of carbonyl (C=O) groups is 1. The zero-order chi connectivity index (χ0) is 15.1. The number of nitrogens with one attached hydrogen (secondary N) is 2. The number of hydrogen-bond donors (Lipinski definition) is 2. The zero-order valence-corrected chi connectivity index (χ0v) is 15.5. The van der Waals surface area contributed by atoms with Gasteiger partial charge in [0, 0.05) is 16.9 Å². The molecule has 3 nitrogen and oxygen atoms in total. The van der Waals surface area contributed by atoms with Gasteiger partial charge in [-0.25, -0.2) is 0 Å². The molecule has 1 saturated heterocycles. The van der Waals surface area contributed by atoms with Gasteiger partial charge in [-0.05, 0) is 56.3 Å². The lowest BCUT2D eigenvalue weighted by molar-refractivity contribution is -0.125. The molecule has 22 heavy (non-hydrogen) atoms. The average molecular weight is 390 g/mol. The molecule has 0 aliphatic carbocycles. The maximum absolute atomic E-state index is 12.3. The fourth-order valence-corrected chi connectivity index (χ4v) is 3.30. The Morgan fingerprint density at radius 1 is 1.45 bits per heavy atom. The third kappa shape index (κ3) is 5.90. The van der Waals surface area contributed by atoms with E-state index >= 15 is 0 Å². The first-order chi connectivity index (χ1) is 10.2. The lowest BCUT2D eigenvalue weighted by atomic mass is 9.96. The van der Waals surface area contributed by atoms with E-state index in [-0.39, 0.29) is 24.2 Å². The Morgan fingerprint density at radius 3 is 2.86 bits per heavy atom. The van der Waals surface area contributed by atoms with Crippen LogP contribution >= 0.6 is 28.3 Å². The molecule has 1 fully saturated rings. The number of rotatable bonds is 7. The zero-order valence-electron chi connectivity index (χ0n) is 13.1. The van der Waals surface area contributed by atoms with Crippen LogP contribution in [0.4, 0.5) is 0 Å². The summed E-state index contributed by atoms with van der Waals surface area (Å²) < 4.78 is 1.09. The number of halogens is 2. The van der Waals surface area contributed by atoms with Gasteiger partial charge in [-0.1, -0.05) is 41.1 Å². The van der Waals surface area contributed by atoms with Gasteiger partial charge in [0.05, 0.1) is 0 Å². The van der Waals surface area contributed by atoms with Crippen molar-refractivity contribution >= 4 is 34.2 Å². The summed E-state index contributed by atoms with van der Waals surface area (Å²) in [4.78, 5) is 12.3. The van der Waals surface area contributed by atoms with Crippen LogP contribution < -0.4 is 10.6 Å². The number of benzene rings is 1. The summed E-state index contributed by atoms with van der Waals surface area (Å²) in [6, 6.07) is 8.15. The first-order valence-corrected chi connectivity index (χ1v) is 8.71. The number of carbonyl (C=O) groups excluding carboxylic acids is 1. The Morgan fingerprint density at radius 2 is 2.23 bits per heavy atom. The van der Waals surface area contributed by atoms with Crippen LogP contribution in [0.3, 0.4) is 0 Å². The summed E-state index contributed by atoms with van der Waals surface area (Å²) in [6.07, 6.45) is 4.00. The minimum atomic E-state index is 0. The molecule has 2 rings (SSSR count). The third-order valence-electron chi connectivity index (χ3n) is 4.30. The minimum absolute atomic E-state index is 0. The topological polar surface area (TPSA) is 41.1 Å². The second kappa shape index (κ2) is 10.2. The summed E-state index contributed by atoms with van der Waals surface area (Å²) in [5.74, 6) is 0.984. The van der Waals surface area contributed by atoms with Crippen molar-refractivity contribution in [1.29, 1.82) is 0 Å². The predicted octanol–water partition coefficient (Wildman–Crippen LogP) is 3.56. The molecule has 0 spiro atoms.